The summed E-state index contributed by atoms with van der Waals surface area (Å²) in [6.07, 6.45) is -4.85. The first kappa shape index (κ1) is 33.5. The maximum absolute atomic E-state index is 14.9. The molecule has 3 aliphatic carbocycles. The topological polar surface area (TPSA) is 87.7 Å². The lowest BCUT2D eigenvalue weighted by atomic mass is 9.83. The summed E-state index contributed by atoms with van der Waals surface area (Å²) in [4.78, 5) is 27.7. The highest BCUT2D eigenvalue weighted by Crippen LogP contribution is 2.54. The number of methoxy groups -OCH3 is 1. The van der Waals surface area contributed by atoms with Crippen molar-refractivity contribution in [2.45, 2.75) is 50.4 Å². The van der Waals surface area contributed by atoms with Gasteiger partial charge in [-0.25, -0.2) is 17.6 Å². The van der Waals surface area contributed by atoms with E-state index in [1.54, 1.807) is 0 Å². The Morgan fingerprint density at radius 3 is 2.31 bits per heavy atom. The van der Waals surface area contributed by atoms with Crippen LogP contribution in [0.1, 0.15) is 53.3 Å². The van der Waals surface area contributed by atoms with Crippen molar-refractivity contribution in [3.63, 3.8) is 0 Å². The fourth-order valence-corrected chi connectivity index (χ4v) is 6.98. The van der Waals surface area contributed by atoms with Crippen LogP contribution in [0.2, 0.25) is 0 Å². The first-order chi connectivity index (χ1) is 22.8. The second-order valence-corrected chi connectivity index (χ2v) is 12.4. The molecule has 0 saturated heterocycles. The number of anilines is 1. The van der Waals surface area contributed by atoms with Crippen LogP contribution in [0, 0.1) is 35.3 Å². The smallest absolute Gasteiger partial charge is 0.419 e. The Morgan fingerprint density at radius 1 is 0.938 bits per heavy atom. The molecule has 2 amide bonds. The number of benzene rings is 3. The van der Waals surface area contributed by atoms with Gasteiger partial charge in [-0.15, -0.1) is 0 Å². The number of halogens is 7. The molecule has 5 unspecified atom stereocenters. The fourth-order valence-electron chi connectivity index (χ4n) is 6.98. The highest BCUT2D eigenvalue weighted by atomic mass is 19.4. The number of aliphatic hydroxyl groups excluding tert-OH is 1. The summed E-state index contributed by atoms with van der Waals surface area (Å²) in [6, 6.07) is 8.61. The number of amides is 2. The number of aliphatic hydroxyl groups is 1. The fraction of sp³-hybridized carbons (Fsp3) is 0.371. The molecule has 0 radical (unpaired) electrons. The number of allylic oxidation sites excluding steroid dienone is 1. The molecule has 0 heterocycles. The standard InChI is InChI=1S/C35H31F7N2O4/c1-48-28-11-5-17(22-14-18(4-9-26(22)36)31(45)32(38)39)13-24(28)33(46)44-30-21-8-7-20(23(21)12-16-2-3-16)29(30)34(47)43-19-6-10-27(37)25(15-19)35(40,41)42/h4-6,9-16,20-21,29-32,45H,2-3,7-8H2,1H3,(H,43,47)(H,44,46). The number of alkyl halides is 5. The molecule has 3 N–H and O–H groups in total. The number of rotatable bonds is 9. The summed E-state index contributed by atoms with van der Waals surface area (Å²) in [5.74, 6) is -4.51. The Hall–Kier alpha value is -4.39. The molecule has 48 heavy (non-hydrogen) atoms. The predicted octanol–water partition coefficient (Wildman–Crippen LogP) is 7.69. The van der Waals surface area contributed by atoms with E-state index in [0.29, 0.717) is 30.9 Å². The van der Waals surface area contributed by atoms with Gasteiger partial charge < -0.3 is 20.5 Å². The Bertz CT molecular complexity index is 1770. The monoisotopic (exact) mass is 676 g/mol. The average molecular weight is 677 g/mol. The van der Waals surface area contributed by atoms with E-state index >= 15 is 0 Å². The minimum atomic E-state index is -4.98. The van der Waals surface area contributed by atoms with Crippen molar-refractivity contribution in [2.75, 3.05) is 12.4 Å². The van der Waals surface area contributed by atoms with Crippen molar-refractivity contribution in [3.05, 3.63) is 94.6 Å². The van der Waals surface area contributed by atoms with Crippen LogP contribution in [0.3, 0.4) is 0 Å². The van der Waals surface area contributed by atoms with E-state index in [-0.39, 0.29) is 45.5 Å². The Kier molecular flexibility index (Phi) is 9.01. The molecule has 3 aliphatic rings. The highest BCUT2D eigenvalue weighted by molar-refractivity contribution is 6.00. The van der Waals surface area contributed by atoms with Crippen LogP contribution in [0.4, 0.5) is 36.4 Å². The number of hydrogen-bond acceptors (Lipinski definition) is 4. The van der Waals surface area contributed by atoms with Gasteiger partial charge >= 0.3 is 6.18 Å². The van der Waals surface area contributed by atoms with Gasteiger partial charge in [-0.05, 0) is 91.1 Å². The van der Waals surface area contributed by atoms with E-state index in [1.807, 2.05) is 0 Å². The molecule has 0 aromatic heterocycles. The molecule has 0 spiro atoms. The van der Waals surface area contributed by atoms with E-state index in [4.69, 9.17) is 4.74 Å². The molecule has 3 aromatic carbocycles. The lowest BCUT2D eigenvalue weighted by Crippen LogP contribution is -2.48. The Labute approximate surface area is 271 Å². The van der Waals surface area contributed by atoms with Crippen molar-refractivity contribution in [1.82, 2.24) is 5.32 Å². The zero-order valence-corrected chi connectivity index (χ0v) is 25.5. The molecule has 13 heteroatoms. The number of ether oxygens (including phenoxy) is 1. The van der Waals surface area contributed by atoms with Gasteiger partial charge in [0.05, 0.1) is 24.2 Å². The molecule has 0 aliphatic heterocycles. The van der Waals surface area contributed by atoms with Gasteiger partial charge in [0, 0.05) is 23.2 Å². The van der Waals surface area contributed by atoms with Crippen LogP contribution in [-0.4, -0.2) is 36.5 Å². The molecule has 254 valence electrons. The summed E-state index contributed by atoms with van der Waals surface area (Å²) in [5, 5.41) is 15.3. The van der Waals surface area contributed by atoms with Gasteiger partial charge in [-0.2, -0.15) is 13.2 Å². The lowest BCUT2D eigenvalue weighted by Gasteiger charge is -2.30. The SMILES string of the molecule is COc1ccc(-c2cc(C(O)C(F)F)ccc2F)cc1C(=O)NC1C2CCC(C2=CC2CC2)C1C(=O)Nc1ccc(F)c(C(F)(F)F)c1. The van der Waals surface area contributed by atoms with Gasteiger partial charge in [-0.1, -0.05) is 23.8 Å². The second kappa shape index (κ2) is 12.9. The van der Waals surface area contributed by atoms with Gasteiger partial charge in [0.1, 0.15) is 23.5 Å². The molecular weight excluding hydrogens is 645 g/mol. The molecule has 2 bridgehead atoms. The lowest BCUT2D eigenvalue weighted by molar-refractivity contribution is -0.140. The van der Waals surface area contributed by atoms with Crippen LogP contribution in [-0.2, 0) is 11.0 Å². The number of carbonyl (C=O) groups is 2. The van der Waals surface area contributed by atoms with Gasteiger partial charge in [-0.3, -0.25) is 9.59 Å². The number of carbonyl (C=O) groups excluding carboxylic acids is 2. The zero-order chi connectivity index (χ0) is 34.5. The first-order valence-corrected chi connectivity index (χ1v) is 15.4. The van der Waals surface area contributed by atoms with Crippen LogP contribution in [0.15, 0.2) is 66.2 Å². The maximum atomic E-state index is 14.9. The van der Waals surface area contributed by atoms with Crippen molar-refractivity contribution < 1.29 is 50.2 Å². The van der Waals surface area contributed by atoms with Crippen molar-refractivity contribution >= 4 is 17.5 Å². The first-order valence-electron chi connectivity index (χ1n) is 15.4. The Morgan fingerprint density at radius 2 is 1.65 bits per heavy atom. The van der Waals surface area contributed by atoms with Crippen LogP contribution < -0.4 is 15.4 Å². The predicted molar refractivity (Wildman–Crippen MR) is 161 cm³/mol. The summed E-state index contributed by atoms with van der Waals surface area (Å²) >= 11 is 0. The van der Waals surface area contributed by atoms with E-state index in [2.05, 4.69) is 16.7 Å². The van der Waals surface area contributed by atoms with E-state index in [0.717, 1.165) is 42.7 Å². The number of hydrogen-bond donors (Lipinski definition) is 3. The summed E-state index contributed by atoms with van der Waals surface area (Å²) in [6.45, 7) is 0. The van der Waals surface area contributed by atoms with Crippen molar-refractivity contribution in [1.29, 1.82) is 0 Å². The molecule has 6 nitrogen and oxygen atoms in total. The molecule has 3 saturated carbocycles. The van der Waals surface area contributed by atoms with Crippen LogP contribution in [0.5, 0.6) is 5.75 Å². The average Bonchev–Trinajstić information content (AvgIpc) is 3.72. The van der Waals surface area contributed by atoms with Gasteiger partial charge in [0.2, 0.25) is 5.91 Å². The number of nitrogens with one attached hydrogen (secondary N) is 2. The maximum Gasteiger partial charge on any atom is 0.419 e. The van der Waals surface area contributed by atoms with Crippen LogP contribution >= 0.6 is 0 Å². The molecule has 5 atom stereocenters. The minimum Gasteiger partial charge on any atom is -0.496 e. The molecule has 3 aromatic rings. The third-order valence-electron chi connectivity index (χ3n) is 9.41. The third kappa shape index (κ3) is 6.52. The number of fused-ring (bicyclic) bond motifs is 2. The van der Waals surface area contributed by atoms with E-state index < -0.39 is 59.7 Å². The molecular formula is C35H31F7N2O4. The normalized spacial score (nSPS) is 23.4. The summed E-state index contributed by atoms with van der Waals surface area (Å²) < 4.78 is 101. The van der Waals surface area contributed by atoms with E-state index in [9.17, 15) is 45.4 Å². The van der Waals surface area contributed by atoms with Crippen molar-refractivity contribution in [3.8, 4) is 16.9 Å². The minimum absolute atomic E-state index is 0.0442. The zero-order valence-electron chi connectivity index (χ0n) is 25.5. The molecule has 3 fully saturated rings. The summed E-state index contributed by atoms with van der Waals surface area (Å²) in [7, 11) is 1.31. The quantitative estimate of drug-likeness (QED) is 0.160. The third-order valence-corrected chi connectivity index (χ3v) is 9.41. The highest BCUT2D eigenvalue weighted by Gasteiger charge is 2.55. The van der Waals surface area contributed by atoms with Gasteiger partial charge in [0.15, 0.2) is 0 Å². The molecule has 6 rings (SSSR count). The second-order valence-electron chi connectivity index (χ2n) is 12.4. The van der Waals surface area contributed by atoms with Crippen LogP contribution in [0.25, 0.3) is 11.1 Å². The van der Waals surface area contributed by atoms with Gasteiger partial charge in [0.25, 0.3) is 12.3 Å². The van der Waals surface area contributed by atoms with Crippen molar-refractivity contribution in [2.24, 2.45) is 23.7 Å². The summed E-state index contributed by atoms with van der Waals surface area (Å²) in [5.41, 5.74) is -1.04. The van der Waals surface area contributed by atoms with E-state index in [1.165, 1.54) is 25.3 Å². The Balaban J connectivity index is 1.31. The largest absolute Gasteiger partial charge is 0.496 e.